The molecule has 8 heteroatoms. The Morgan fingerprint density at radius 2 is 1.84 bits per heavy atom. The largest absolute Gasteiger partial charge is 0.458 e. The van der Waals surface area contributed by atoms with Crippen LogP contribution < -0.4 is 0 Å². The summed E-state index contributed by atoms with van der Waals surface area (Å²) >= 11 is 0. The zero-order chi connectivity index (χ0) is 27.7. The standard InChI is InChI=1S/C29H42O8/c1-9-16(3)11-12-28(8)18(5)13-24(32)29-22(26(34-19(6)30)37-27(29)35-20(7)31)14-21(15-23(28)29)36-25(33)17(4)10-2/h9,11,14,17-18,21,23-24,26-27,32H,1,10,12-13,15H2,2-8H3/b16-11+/t17?,18-,21-,23+,24+,26+,27-,28-,29?/m1/s1. The van der Waals surface area contributed by atoms with Gasteiger partial charge in [-0.2, -0.15) is 0 Å². The molecule has 1 heterocycles. The molecule has 206 valence electrons. The van der Waals surface area contributed by atoms with Gasteiger partial charge >= 0.3 is 17.9 Å². The van der Waals surface area contributed by atoms with E-state index >= 15 is 0 Å². The van der Waals surface area contributed by atoms with Crippen LogP contribution in [0.5, 0.6) is 0 Å². The molecule has 37 heavy (non-hydrogen) atoms. The molecule has 0 aromatic rings. The number of carbonyl (C=O) groups excluding carboxylic acids is 3. The molecule has 3 rings (SSSR count). The minimum absolute atomic E-state index is 0.0722. The molecule has 1 saturated carbocycles. The van der Waals surface area contributed by atoms with Crippen LogP contribution in [0.25, 0.3) is 0 Å². The van der Waals surface area contributed by atoms with E-state index in [0.717, 1.165) is 5.57 Å². The quantitative estimate of drug-likeness (QED) is 0.215. The molecule has 2 fully saturated rings. The predicted octanol–water partition coefficient (Wildman–Crippen LogP) is 4.62. The van der Waals surface area contributed by atoms with Crippen molar-refractivity contribution in [1.29, 1.82) is 0 Å². The number of rotatable bonds is 8. The number of carbonyl (C=O) groups is 3. The molecule has 8 nitrogen and oxygen atoms in total. The number of hydrogen-bond acceptors (Lipinski definition) is 8. The monoisotopic (exact) mass is 518 g/mol. The van der Waals surface area contributed by atoms with Gasteiger partial charge in [0.05, 0.1) is 17.4 Å². The Balaban J connectivity index is 2.21. The van der Waals surface area contributed by atoms with Gasteiger partial charge in [0.1, 0.15) is 6.10 Å². The summed E-state index contributed by atoms with van der Waals surface area (Å²) in [5.41, 5.74) is -0.0572. The van der Waals surface area contributed by atoms with Crippen LogP contribution in [0.4, 0.5) is 0 Å². The van der Waals surface area contributed by atoms with Crippen molar-refractivity contribution in [3.63, 3.8) is 0 Å². The van der Waals surface area contributed by atoms with E-state index in [1.165, 1.54) is 13.8 Å². The van der Waals surface area contributed by atoms with E-state index in [1.54, 1.807) is 12.2 Å². The first-order chi connectivity index (χ1) is 17.3. The van der Waals surface area contributed by atoms with Gasteiger partial charge in [-0.3, -0.25) is 19.1 Å². The van der Waals surface area contributed by atoms with Crippen molar-refractivity contribution in [3.8, 4) is 0 Å². The third-order valence-corrected chi connectivity index (χ3v) is 8.87. The van der Waals surface area contributed by atoms with Crippen LogP contribution in [0.1, 0.15) is 74.1 Å². The van der Waals surface area contributed by atoms with E-state index in [1.807, 2.05) is 20.8 Å². The highest BCUT2D eigenvalue weighted by atomic mass is 16.8. The number of ether oxygens (including phenoxy) is 4. The summed E-state index contributed by atoms with van der Waals surface area (Å²) in [6.45, 7) is 16.4. The number of hydrogen-bond donors (Lipinski definition) is 1. The van der Waals surface area contributed by atoms with Gasteiger partial charge in [0, 0.05) is 19.4 Å². The molecule has 0 aromatic heterocycles. The van der Waals surface area contributed by atoms with Crippen LogP contribution >= 0.6 is 0 Å². The molecule has 1 saturated heterocycles. The number of aliphatic hydroxyl groups excluding tert-OH is 1. The van der Waals surface area contributed by atoms with Crippen LogP contribution in [0.3, 0.4) is 0 Å². The predicted molar refractivity (Wildman–Crippen MR) is 137 cm³/mol. The Kier molecular flexibility index (Phi) is 8.75. The van der Waals surface area contributed by atoms with E-state index in [4.69, 9.17) is 18.9 Å². The van der Waals surface area contributed by atoms with Gasteiger partial charge in [-0.05, 0) is 55.9 Å². The van der Waals surface area contributed by atoms with Crippen molar-refractivity contribution in [2.75, 3.05) is 0 Å². The maximum atomic E-state index is 12.8. The molecule has 2 unspecified atom stereocenters. The summed E-state index contributed by atoms with van der Waals surface area (Å²) in [5.74, 6) is -1.99. The molecule has 2 aliphatic carbocycles. The molecule has 0 radical (unpaired) electrons. The average Bonchev–Trinajstić information content (AvgIpc) is 3.12. The molecule has 0 bridgehead atoms. The van der Waals surface area contributed by atoms with Crippen molar-refractivity contribution in [3.05, 3.63) is 36.0 Å². The lowest BCUT2D eigenvalue weighted by molar-refractivity contribution is -0.254. The second-order valence-corrected chi connectivity index (χ2v) is 11.2. The minimum Gasteiger partial charge on any atom is -0.458 e. The Morgan fingerprint density at radius 1 is 1.19 bits per heavy atom. The Labute approximate surface area is 220 Å². The fourth-order valence-corrected chi connectivity index (χ4v) is 6.30. The Morgan fingerprint density at radius 3 is 2.41 bits per heavy atom. The third kappa shape index (κ3) is 5.28. The normalized spacial score (nSPS) is 37.9. The van der Waals surface area contributed by atoms with E-state index < -0.39 is 47.6 Å². The van der Waals surface area contributed by atoms with E-state index in [9.17, 15) is 19.5 Å². The SMILES string of the molecule is C=C/C(C)=C/C[C@]1(C)[C@H](C)C[C@H](O)C23C(=C[C@@H](OC(=O)C(C)CC)C[C@H]21)[C@@H](OC(C)=O)O[C@H]3OC(C)=O. The zero-order valence-corrected chi connectivity index (χ0v) is 23.1. The van der Waals surface area contributed by atoms with Gasteiger partial charge in [-0.1, -0.05) is 52.0 Å². The minimum atomic E-state index is -1.17. The van der Waals surface area contributed by atoms with Gasteiger partial charge in [0.2, 0.25) is 12.6 Å². The molecule has 1 aliphatic heterocycles. The highest BCUT2D eigenvalue weighted by molar-refractivity contribution is 5.72. The molecule has 0 aromatic carbocycles. The second-order valence-electron chi connectivity index (χ2n) is 11.2. The average molecular weight is 519 g/mol. The number of allylic oxidation sites excluding steroid dienone is 3. The Hall–Kier alpha value is -2.45. The van der Waals surface area contributed by atoms with Crippen molar-refractivity contribution in [2.24, 2.45) is 28.6 Å². The summed E-state index contributed by atoms with van der Waals surface area (Å²) < 4.78 is 23.2. The van der Waals surface area contributed by atoms with Crippen molar-refractivity contribution in [2.45, 2.75) is 98.9 Å². The van der Waals surface area contributed by atoms with Crippen LogP contribution in [-0.4, -0.2) is 47.8 Å². The van der Waals surface area contributed by atoms with Crippen LogP contribution in [-0.2, 0) is 33.3 Å². The van der Waals surface area contributed by atoms with Crippen molar-refractivity contribution < 1.29 is 38.4 Å². The van der Waals surface area contributed by atoms with Gasteiger partial charge in [0.15, 0.2) is 0 Å². The summed E-state index contributed by atoms with van der Waals surface area (Å²) in [5, 5.41) is 11.7. The fourth-order valence-electron chi connectivity index (χ4n) is 6.30. The summed E-state index contributed by atoms with van der Waals surface area (Å²) in [7, 11) is 0. The number of esters is 3. The highest BCUT2D eigenvalue weighted by Crippen LogP contribution is 2.67. The molecule has 9 atom stereocenters. The lowest BCUT2D eigenvalue weighted by atomic mass is 9.45. The molecule has 1 N–H and O–H groups in total. The summed E-state index contributed by atoms with van der Waals surface area (Å²) in [6.07, 6.45) is 3.89. The fraction of sp³-hybridized carbons (Fsp3) is 0.690. The first-order valence-electron chi connectivity index (χ1n) is 13.2. The lowest BCUT2D eigenvalue weighted by Crippen LogP contribution is -2.63. The van der Waals surface area contributed by atoms with Gasteiger partial charge < -0.3 is 19.3 Å². The van der Waals surface area contributed by atoms with Crippen molar-refractivity contribution >= 4 is 17.9 Å². The first kappa shape index (κ1) is 29.1. The Bertz CT molecular complexity index is 982. The first-order valence-corrected chi connectivity index (χ1v) is 13.2. The van der Waals surface area contributed by atoms with E-state index in [-0.39, 0.29) is 23.7 Å². The molecule has 3 aliphatic rings. The molecule has 0 amide bonds. The molecule has 1 spiro atoms. The van der Waals surface area contributed by atoms with E-state index in [0.29, 0.717) is 31.3 Å². The summed E-state index contributed by atoms with van der Waals surface area (Å²) in [6, 6.07) is 0. The van der Waals surface area contributed by atoms with Crippen LogP contribution in [0, 0.1) is 28.6 Å². The summed E-state index contributed by atoms with van der Waals surface area (Å²) in [4.78, 5) is 37.0. The third-order valence-electron chi connectivity index (χ3n) is 8.87. The van der Waals surface area contributed by atoms with Gasteiger partial charge in [-0.25, -0.2) is 0 Å². The highest BCUT2D eigenvalue weighted by Gasteiger charge is 2.71. The lowest BCUT2D eigenvalue weighted by Gasteiger charge is -2.60. The zero-order valence-electron chi connectivity index (χ0n) is 23.1. The molecular formula is C29H42O8. The smallest absolute Gasteiger partial charge is 0.309 e. The van der Waals surface area contributed by atoms with E-state index in [2.05, 4.69) is 26.5 Å². The van der Waals surface area contributed by atoms with Gasteiger partial charge in [-0.15, -0.1) is 0 Å². The maximum absolute atomic E-state index is 12.8. The van der Waals surface area contributed by atoms with Crippen molar-refractivity contribution in [1.82, 2.24) is 0 Å². The molecular weight excluding hydrogens is 476 g/mol. The second kappa shape index (κ2) is 11.1. The topological polar surface area (TPSA) is 108 Å². The van der Waals surface area contributed by atoms with Crippen LogP contribution in [0.2, 0.25) is 0 Å². The maximum Gasteiger partial charge on any atom is 0.309 e. The van der Waals surface area contributed by atoms with Crippen LogP contribution in [0.15, 0.2) is 36.0 Å². The van der Waals surface area contributed by atoms with Gasteiger partial charge in [0.25, 0.3) is 0 Å². The number of aliphatic hydroxyl groups is 1.